The van der Waals surface area contributed by atoms with Gasteiger partial charge in [0.15, 0.2) is 11.4 Å². The van der Waals surface area contributed by atoms with Crippen LogP contribution in [-0.2, 0) is 6.18 Å². The van der Waals surface area contributed by atoms with Gasteiger partial charge in [0.25, 0.3) is 5.91 Å². The highest BCUT2D eigenvalue weighted by atomic mass is 19.4. The first-order chi connectivity index (χ1) is 11.9. The normalized spacial score (nSPS) is 17.7. The Labute approximate surface area is 140 Å². The van der Waals surface area contributed by atoms with Gasteiger partial charge in [0.05, 0.1) is 0 Å². The lowest BCUT2D eigenvalue weighted by Gasteiger charge is -2.13. The summed E-state index contributed by atoms with van der Waals surface area (Å²) >= 11 is 0. The lowest BCUT2D eigenvalue weighted by atomic mass is 10.2. The van der Waals surface area contributed by atoms with E-state index < -0.39 is 35.0 Å². The Balaban J connectivity index is 1.92. The van der Waals surface area contributed by atoms with Crippen LogP contribution in [0.15, 0.2) is 24.3 Å². The molecule has 3 rings (SSSR count). The third-order valence-electron chi connectivity index (χ3n) is 3.91. The average Bonchev–Trinajstić information content (AvgIpc) is 3.22. The third kappa shape index (κ3) is 3.63. The van der Waals surface area contributed by atoms with Crippen LogP contribution in [0.3, 0.4) is 0 Å². The van der Waals surface area contributed by atoms with E-state index in [4.69, 9.17) is 0 Å². The van der Waals surface area contributed by atoms with Gasteiger partial charge in [0, 0.05) is 12.6 Å². The minimum Gasteiger partial charge on any atom is -0.349 e. The second kappa shape index (κ2) is 6.79. The Morgan fingerprint density at radius 3 is 2.76 bits per heavy atom. The summed E-state index contributed by atoms with van der Waals surface area (Å²) in [5, 5.41) is 12.2. The van der Waals surface area contributed by atoms with Gasteiger partial charge >= 0.3 is 6.18 Å². The van der Waals surface area contributed by atoms with Crippen molar-refractivity contribution in [2.24, 2.45) is 0 Å². The summed E-state index contributed by atoms with van der Waals surface area (Å²) in [6, 6.07) is 4.85. The van der Waals surface area contributed by atoms with E-state index in [0.717, 1.165) is 31.5 Å². The number of para-hydroxylation sites is 1. The van der Waals surface area contributed by atoms with Crippen LogP contribution in [-0.4, -0.2) is 40.0 Å². The Morgan fingerprint density at radius 2 is 2.12 bits per heavy atom. The van der Waals surface area contributed by atoms with Crippen LogP contribution in [0.5, 0.6) is 0 Å². The van der Waals surface area contributed by atoms with Gasteiger partial charge in [0.1, 0.15) is 11.5 Å². The van der Waals surface area contributed by atoms with Gasteiger partial charge in [-0.3, -0.25) is 4.79 Å². The summed E-state index contributed by atoms with van der Waals surface area (Å²) in [6.07, 6.45) is -3.16. The fourth-order valence-corrected chi connectivity index (χ4v) is 2.71. The van der Waals surface area contributed by atoms with Crippen LogP contribution in [0.4, 0.5) is 17.6 Å². The Hall–Kier alpha value is -2.49. The molecule has 1 amide bonds. The molecule has 134 valence electrons. The van der Waals surface area contributed by atoms with E-state index in [1.54, 1.807) is 0 Å². The zero-order valence-corrected chi connectivity index (χ0v) is 13.0. The van der Waals surface area contributed by atoms with E-state index >= 15 is 0 Å². The molecule has 1 saturated heterocycles. The summed E-state index contributed by atoms with van der Waals surface area (Å²) in [7, 11) is 0. The Morgan fingerprint density at radius 1 is 1.36 bits per heavy atom. The molecule has 1 aromatic carbocycles. The number of benzene rings is 1. The van der Waals surface area contributed by atoms with Crippen LogP contribution in [0, 0.1) is 5.82 Å². The molecule has 0 radical (unpaired) electrons. The second-order valence-corrected chi connectivity index (χ2v) is 5.65. The molecule has 1 unspecified atom stereocenters. The zero-order valence-electron chi connectivity index (χ0n) is 13.0. The monoisotopic (exact) mass is 357 g/mol. The maximum absolute atomic E-state index is 13.8. The van der Waals surface area contributed by atoms with Gasteiger partial charge in [-0.05, 0) is 31.5 Å². The summed E-state index contributed by atoms with van der Waals surface area (Å²) < 4.78 is 54.5. The zero-order chi connectivity index (χ0) is 18.0. The maximum Gasteiger partial charge on any atom is 0.435 e. The number of rotatable bonds is 4. The van der Waals surface area contributed by atoms with Crippen molar-refractivity contribution >= 4 is 5.91 Å². The molecule has 2 heterocycles. The third-order valence-corrected chi connectivity index (χ3v) is 3.91. The molecular weight excluding hydrogens is 342 g/mol. The van der Waals surface area contributed by atoms with E-state index in [0.29, 0.717) is 4.68 Å². The summed E-state index contributed by atoms with van der Waals surface area (Å²) in [6.45, 7) is 0.987. The lowest BCUT2D eigenvalue weighted by molar-refractivity contribution is -0.143. The molecule has 6 nitrogen and oxygen atoms in total. The van der Waals surface area contributed by atoms with Crippen LogP contribution >= 0.6 is 0 Å². The molecule has 0 spiro atoms. The highest BCUT2D eigenvalue weighted by Gasteiger charge is 2.42. The predicted octanol–water partition coefficient (Wildman–Crippen LogP) is 1.91. The molecule has 1 aliphatic rings. The van der Waals surface area contributed by atoms with Gasteiger partial charge in [0.2, 0.25) is 0 Å². The molecule has 1 aromatic heterocycles. The van der Waals surface area contributed by atoms with E-state index in [1.807, 2.05) is 0 Å². The summed E-state index contributed by atoms with van der Waals surface area (Å²) in [5.41, 5.74) is -2.72. The molecule has 2 aromatic rings. The largest absolute Gasteiger partial charge is 0.435 e. The smallest absolute Gasteiger partial charge is 0.349 e. The number of aromatic nitrogens is 3. The van der Waals surface area contributed by atoms with E-state index in [-0.39, 0.29) is 12.6 Å². The van der Waals surface area contributed by atoms with Crippen molar-refractivity contribution in [3.05, 3.63) is 41.5 Å². The summed E-state index contributed by atoms with van der Waals surface area (Å²) in [4.78, 5) is 12.1. The predicted molar refractivity (Wildman–Crippen MR) is 79.7 cm³/mol. The SMILES string of the molecule is O=C(NCC1CCCN1)c1nnn(-c2ccccc2F)c1C(F)(F)F. The first kappa shape index (κ1) is 17.3. The molecule has 0 saturated carbocycles. The molecule has 10 heteroatoms. The molecular formula is C15H15F4N5O. The van der Waals surface area contributed by atoms with Crippen LogP contribution in [0.2, 0.25) is 0 Å². The molecule has 2 N–H and O–H groups in total. The van der Waals surface area contributed by atoms with Crippen LogP contribution < -0.4 is 10.6 Å². The van der Waals surface area contributed by atoms with E-state index in [1.165, 1.54) is 12.1 Å². The minimum absolute atomic E-state index is 0.0138. The minimum atomic E-state index is -4.93. The van der Waals surface area contributed by atoms with Gasteiger partial charge < -0.3 is 10.6 Å². The standard InChI is InChI=1S/C15H15F4N5O/c16-10-5-1-2-6-11(10)24-13(15(17,18)19)12(22-23-24)14(25)21-8-9-4-3-7-20-9/h1-2,5-6,9,20H,3-4,7-8H2,(H,21,25). The van der Waals surface area contributed by atoms with Gasteiger partial charge in [-0.1, -0.05) is 17.3 Å². The topological polar surface area (TPSA) is 71.8 Å². The number of nitrogens with zero attached hydrogens (tertiary/aromatic N) is 3. The number of carbonyl (C=O) groups excluding carboxylic acids is 1. The first-order valence-corrected chi connectivity index (χ1v) is 7.67. The number of hydrogen-bond acceptors (Lipinski definition) is 4. The van der Waals surface area contributed by atoms with Gasteiger partial charge in [-0.15, -0.1) is 5.10 Å². The number of amides is 1. The number of hydrogen-bond donors (Lipinski definition) is 2. The fourth-order valence-electron chi connectivity index (χ4n) is 2.71. The van der Waals surface area contributed by atoms with E-state index in [2.05, 4.69) is 20.9 Å². The number of carbonyl (C=O) groups is 1. The number of nitrogens with one attached hydrogen (secondary N) is 2. The van der Waals surface area contributed by atoms with Crippen molar-refractivity contribution in [3.8, 4) is 5.69 Å². The average molecular weight is 357 g/mol. The molecule has 0 aliphatic carbocycles. The second-order valence-electron chi connectivity index (χ2n) is 5.65. The lowest BCUT2D eigenvalue weighted by Crippen LogP contribution is -2.38. The van der Waals surface area contributed by atoms with Crippen molar-refractivity contribution < 1.29 is 22.4 Å². The fraction of sp³-hybridized carbons (Fsp3) is 0.400. The van der Waals surface area contributed by atoms with Crippen molar-refractivity contribution in [2.75, 3.05) is 13.1 Å². The van der Waals surface area contributed by atoms with Gasteiger partial charge in [-0.2, -0.15) is 13.2 Å². The highest BCUT2D eigenvalue weighted by molar-refractivity contribution is 5.93. The quantitative estimate of drug-likeness (QED) is 0.820. The Bertz CT molecular complexity index is 768. The first-order valence-electron chi connectivity index (χ1n) is 7.67. The van der Waals surface area contributed by atoms with Crippen LogP contribution in [0.1, 0.15) is 29.0 Å². The Kier molecular flexibility index (Phi) is 4.71. The summed E-state index contributed by atoms with van der Waals surface area (Å²) in [5.74, 6) is -1.90. The van der Waals surface area contributed by atoms with Crippen molar-refractivity contribution in [1.82, 2.24) is 25.6 Å². The maximum atomic E-state index is 13.8. The molecule has 1 fully saturated rings. The molecule has 1 aliphatic heterocycles. The van der Waals surface area contributed by atoms with Crippen LogP contribution in [0.25, 0.3) is 5.69 Å². The van der Waals surface area contributed by atoms with E-state index in [9.17, 15) is 22.4 Å². The number of alkyl halides is 3. The van der Waals surface area contributed by atoms with Crippen molar-refractivity contribution in [2.45, 2.75) is 25.1 Å². The molecule has 1 atom stereocenters. The molecule has 25 heavy (non-hydrogen) atoms. The van der Waals surface area contributed by atoms with Crippen molar-refractivity contribution in [3.63, 3.8) is 0 Å². The van der Waals surface area contributed by atoms with Gasteiger partial charge in [-0.25, -0.2) is 9.07 Å². The van der Waals surface area contributed by atoms with Crippen molar-refractivity contribution in [1.29, 1.82) is 0 Å². The number of halogens is 4. The molecule has 0 bridgehead atoms. The highest BCUT2D eigenvalue weighted by Crippen LogP contribution is 2.33.